The van der Waals surface area contributed by atoms with Gasteiger partial charge in [-0.3, -0.25) is 0 Å². The molecule has 3 rings (SSSR count). The first kappa shape index (κ1) is 11.3. The van der Waals surface area contributed by atoms with Gasteiger partial charge in [0.2, 0.25) is 0 Å². The van der Waals surface area contributed by atoms with E-state index in [2.05, 4.69) is 15.7 Å². The Morgan fingerprint density at radius 1 is 1.53 bits per heavy atom. The van der Waals surface area contributed by atoms with E-state index >= 15 is 0 Å². The fourth-order valence-electron chi connectivity index (χ4n) is 2.23. The van der Waals surface area contributed by atoms with Gasteiger partial charge in [-0.15, -0.1) is 11.3 Å². The summed E-state index contributed by atoms with van der Waals surface area (Å²) in [5.74, 6) is 1.49. The van der Waals surface area contributed by atoms with E-state index in [0.29, 0.717) is 5.92 Å². The van der Waals surface area contributed by atoms with Crippen LogP contribution < -0.4 is 0 Å². The van der Waals surface area contributed by atoms with Gasteiger partial charge in [0.15, 0.2) is 0 Å². The van der Waals surface area contributed by atoms with Gasteiger partial charge >= 0.3 is 0 Å². The van der Waals surface area contributed by atoms with Crippen molar-refractivity contribution >= 4 is 22.9 Å². The van der Waals surface area contributed by atoms with E-state index < -0.39 is 0 Å². The zero-order valence-electron chi connectivity index (χ0n) is 9.27. The molecule has 0 spiro atoms. The second-order valence-electron chi connectivity index (χ2n) is 4.39. The number of rotatable bonds is 2. The molecular weight excluding hydrogens is 256 g/mol. The molecule has 0 fully saturated rings. The number of aliphatic hydroxyl groups excluding tert-OH is 1. The van der Waals surface area contributed by atoms with Crippen molar-refractivity contribution in [2.45, 2.75) is 19.4 Å². The molecule has 0 bridgehead atoms. The minimum absolute atomic E-state index is 0.262. The summed E-state index contributed by atoms with van der Waals surface area (Å²) in [7, 11) is 0. The van der Waals surface area contributed by atoms with Crippen LogP contribution in [0.5, 0.6) is 0 Å². The van der Waals surface area contributed by atoms with Crippen molar-refractivity contribution in [1.29, 1.82) is 0 Å². The molecule has 0 aliphatic carbocycles. The summed E-state index contributed by atoms with van der Waals surface area (Å²) in [6, 6.07) is 3.90. The van der Waals surface area contributed by atoms with Gasteiger partial charge in [-0.25, -0.2) is 4.98 Å². The van der Waals surface area contributed by atoms with Crippen molar-refractivity contribution in [1.82, 2.24) is 9.55 Å². The normalized spacial score (nSPS) is 19.3. The summed E-state index contributed by atoms with van der Waals surface area (Å²) in [6.07, 6.45) is 4.04. The molecule has 2 aromatic rings. The molecule has 1 atom stereocenters. The molecule has 0 aromatic carbocycles. The molecule has 90 valence electrons. The number of thiophene rings is 1. The van der Waals surface area contributed by atoms with Crippen molar-refractivity contribution in [3.63, 3.8) is 0 Å². The Hall–Kier alpha value is -0.840. The van der Waals surface area contributed by atoms with Crippen LogP contribution in [0.2, 0.25) is 4.34 Å². The third-order valence-corrected chi connectivity index (χ3v) is 4.43. The highest BCUT2D eigenvalue weighted by Crippen LogP contribution is 2.31. The van der Waals surface area contributed by atoms with Crippen molar-refractivity contribution in [2.24, 2.45) is 5.92 Å². The fourth-order valence-corrected chi connectivity index (χ4v) is 3.23. The number of halogens is 1. The van der Waals surface area contributed by atoms with Gasteiger partial charge in [-0.1, -0.05) is 11.6 Å². The van der Waals surface area contributed by atoms with Gasteiger partial charge in [0.1, 0.15) is 5.82 Å². The number of hydrogen-bond acceptors (Lipinski definition) is 3. The number of nitrogens with zero attached hydrogens (tertiary/aromatic N) is 2. The lowest BCUT2D eigenvalue weighted by atomic mass is 10.0. The van der Waals surface area contributed by atoms with E-state index in [1.807, 2.05) is 12.1 Å². The summed E-state index contributed by atoms with van der Waals surface area (Å²) >= 11 is 7.48. The molecule has 0 saturated heterocycles. The molecule has 1 unspecified atom stereocenters. The van der Waals surface area contributed by atoms with E-state index in [-0.39, 0.29) is 6.61 Å². The largest absolute Gasteiger partial charge is 0.396 e. The lowest BCUT2D eigenvalue weighted by molar-refractivity contribution is 0.190. The van der Waals surface area contributed by atoms with Crippen LogP contribution >= 0.6 is 22.9 Å². The number of aromatic nitrogens is 2. The lowest BCUT2D eigenvalue weighted by Crippen LogP contribution is -2.22. The lowest BCUT2D eigenvalue weighted by Gasteiger charge is -2.21. The second-order valence-corrected chi connectivity index (χ2v) is 6.10. The first-order chi connectivity index (χ1) is 8.26. The molecule has 0 saturated carbocycles. The molecule has 1 N–H and O–H groups in total. The minimum atomic E-state index is 0.262. The van der Waals surface area contributed by atoms with Crippen LogP contribution in [0.3, 0.4) is 0 Å². The summed E-state index contributed by atoms with van der Waals surface area (Å²) < 4.78 is 2.95. The van der Waals surface area contributed by atoms with Gasteiger partial charge in [-0.05, 0) is 18.6 Å². The van der Waals surface area contributed by atoms with Gasteiger partial charge in [0, 0.05) is 31.7 Å². The Bertz CT molecular complexity index is 534. The monoisotopic (exact) mass is 268 g/mol. The second kappa shape index (κ2) is 4.44. The van der Waals surface area contributed by atoms with E-state index in [1.54, 1.807) is 11.3 Å². The Morgan fingerprint density at radius 3 is 3.12 bits per heavy atom. The Morgan fingerprint density at radius 2 is 2.41 bits per heavy atom. The summed E-state index contributed by atoms with van der Waals surface area (Å²) in [4.78, 5) is 5.74. The van der Waals surface area contributed by atoms with E-state index in [9.17, 15) is 5.11 Å². The predicted octanol–water partition coefficient (Wildman–Crippen LogP) is 2.82. The maximum Gasteiger partial charge on any atom is 0.109 e. The molecule has 1 aliphatic rings. The van der Waals surface area contributed by atoms with Crippen LogP contribution in [0, 0.1) is 5.92 Å². The van der Waals surface area contributed by atoms with Gasteiger partial charge in [0.05, 0.1) is 14.9 Å². The minimum Gasteiger partial charge on any atom is -0.396 e. The van der Waals surface area contributed by atoms with Crippen molar-refractivity contribution in [3.8, 4) is 10.6 Å². The molecule has 2 aromatic heterocycles. The van der Waals surface area contributed by atoms with Crippen LogP contribution in [0.4, 0.5) is 0 Å². The number of aliphatic hydroxyl groups is 1. The van der Waals surface area contributed by atoms with Crippen molar-refractivity contribution < 1.29 is 5.11 Å². The topological polar surface area (TPSA) is 38.1 Å². The zero-order chi connectivity index (χ0) is 11.8. The molecule has 3 heterocycles. The molecule has 1 aliphatic heterocycles. The molecule has 5 heteroatoms. The third kappa shape index (κ3) is 2.12. The Kier molecular flexibility index (Phi) is 2.94. The number of imidazole rings is 1. The molecular formula is C12H13ClN2OS. The van der Waals surface area contributed by atoms with Crippen LogP contribution in [0.25, 0.3) is 10.6 Å². The predicted molar refractivity (Wildman–Crippen MR) is 69.4 cm³/mol. The highest BCUT2D eigenvalue weighted by molar-refractivity contribution is 7.19. The Labute approximate surface area is 109 Å². The van der Waals surface area contributed by atoms with E-state index in [4.69, 9.17) is 11.6 Å². The third-order valence-electron chi connectivity index (χ3n) is 3.17. The molecule has 0 radical (unpaired) electrons. The standard InChI is InChI=1S/C12H13ClN2OS/c13-11-3-2-10(17-11)9-6-15-5-8(7-16)1-4-12(15)14-9/h2-3,6,8,16H,1,4-5,7H2. The van der Waals surface area contributed by atoms with Crippen LogP contribution in [-0.4, -0.2) is 21.3 Å². The highest BCUT2D eigenvalue weighted by atomic mass is 35.5. The Balaban J connectivity index is 1.92. The first-order valence-electron chi connectivity index (χ1n) is 5.69. The molecule has 0 amide bonds. The van der Waals surface area contributed by atoms with E-state index in [0.717, 1.165) is 40.1 Å². The SMILES string of the molecule is OCC1CCc2nc(-c3ccc(Cl)s3)cn2C1. The van der Waals surface area contributed by atoms with Crippen LogP contribution in [0.15, 0.2) is 18.3 Å². The van der Waals surface area contributed by atoms with Crippen molar-refractivity contribution in [3.05, 3.63) is 28.5 Å². The zero-order valence-corrected chi connectivity index (χ0v) is 10.8. The van der Waals surface area contributed by atoms with Gasteiger partial charge in [-0.2, -0.15) is 0 Å². The average Bonchev–Trinajstić information content (AvgIpc) is 2.93. The summed E-state index contributed by atoms with van der Waals surface area (Å²) in [5, 5.41) is 9.19. The number of fused-ring (bicyclic) bond motifs is 1. The fraction of sp³-hybridized carbons (Fsp3) is 0.417. The maximum atomic E-state index is 9.19. The average molecular weight is 269 g/mol. The van der Waals surface area contributed by atoms with E-state index in [1.165, 1.54) is 0 Å². The summed E-state index contributed by atoms with van der Waals surface area (Å²) in [6.45, 7) is 1.13. The van der Waals surface area contributed by atoms with Gasteiger partial charge in [0.25, 0.3) is 0 Å². The smallest absolute Gasteiger partial charge is 0.109 e. The number of hydrogen-bond donors (Lipinski definition) is 1. The van der Waals surface area contributed by atoms with Crippen LogP contribution in [-0.2, 0) is 13.0 Å². The highest BCUT2D eigenvalue weighted by Gasteiger charge is 2.20. The first-order valence-corrected chi connectivity index (χ1v) is 6.88. The molecule has 17 heavy (non-hydrogen) atoms. The van der Waals surface area contributed by atoms with Crippen molar-refractivity contribution in [2.75, 3.05) is 6.61 Å². The summed E-state index contributed by atoms with van der Waals surface area (Å²) in [5.41, 5.74) is 0.996. The molecule has 3 nitrogen and oxygen atoms in total. The number of aryl methyl sites for hydroxylation is 1. The van der Waals surface area contributed by atoms with Gasteiger partial charge < -0.3 is 9.67 Å². The maximum absolute atomic E-state index is 9.19. The quantitative estimate of drug-likeness (QED) is 0.910. The van der Waals surface area contributed by atoms with Crippen LogP contribution in [0.1, 0.15) is 12.2 Å².